The molecule has 0 radical (unpaired) electrons. The van der Waals surface area contributed by atoms with Crippen LogP contribution in [0.15, 0.2) is 30.3 Å². The molecule has 0 aliphatic carbocycles. The van der Waals surface area contributed by atoms with Gasteiger partial charge in [0, 0.05) is 13.1 Å². The van der Waals surface area contributed by atoms with Gasteiger partial charge in [-0.15, -0.1) is 0 Å². The van der Waals surface area contributed by atoms with Crippen molar-refractivity contribution in [1.29, 1.82) is 0 Å². The lowest BCUT2D eigenvalue weighted by atomic mass is 9.85. The molecular weight excluding hydrogens is 252 g/mol. The number of benzene rings is 1. The van der Waals surface area contributed by atoms with Crippen LogP contribution in [0, 0.1) is 5.92 Å². The Bertz CT molecular complexity index is 381. The highest BCUT2D eigenvalue weighted by atomic mass is 16.5. The van der Waals surface area contributed by atoms with E-state index in [0.29, 0.717) is 32.2 Å². The zero-order valence-corrected chi connectivity index (χ0v) is 12.5. The first-order chi connectivity index (χ1) is 9.70. The largest absolute Gasteiger partial charge is 0.378 e. The molecule has 0 fully saturated rings. The lowest BCUT2D eigenvalue weighted by Gasteiger charge is -2.22. The fourth-order valence-corrected chi connectivity index (χ4v) is 2.18. The summed E-state index contributed by atoms with van der Waals surface area (Å²) in [7, 11) is 0. The molecule has 0 bridgehead atoms. The van der Waals surface area contributed by atoms with E-state index in [0.717, 1.165) is 12.0 Å². The van der Waals surface area contributed by atoms with Crippen LogP contribution in [0.5, 0.6) is 0 Å². The smallest absolute Gasteiger partial charge is 0.227 e. The average Bonchev–Trinajstić information content (AvgIpc) is 2.48. The molecule has 0 aliphatic rings. The minimum absolute atomic E-state index is 0.0712. The second-order valence-electron chi connectivity index (χ2n) is 4.97. The van der Waals surface area contributed by atoms with Gasteiger partial charge in [-0.2, -0.15) is 0 Å². The number of ether oxygens (including phenoxy) is 1. The Hall–Kier alpha value is -1.39. The Balaban J connectivity index is 2.58. The van der Waals surface area contributed by atoms with Crippen molar-refractivity contribution >= 4 is 5.91 Å². The molecule has 2 unspecified atom stereocenters. The summed E-state index contributed by atoms with van der Waals surface area (Å²) < 4.78 is 5.27. The van der Waals surface area contributed by atoms with E-state index >= 15 is 0 Å². The molecule has 0 spiro atoms. The molecule has 112 valence electrons. The van der Waals surface area contributed by atoms with Crippen LogP contribution >= 0.6 is 0 Å². The number of nitrogens with one attached hydrogen (secondary N) is 1. The van der Waals surface area contributed by atoms with E-state index in [1.165, 1.54) is 0 Å². The standard InChI is InChI=1S/C16H26N2O2/c1-3-13(2)15(14-7-5-4-6-8-14)16(19)18-10-12-20-11-9-17/h4-8,13,15H,3,9-12,17H2,1-2H3,(H,18,19). The third kappa shape index (κ3) is 5.31. The first-order valence-corrected chi connectivity index (χ1v) is 7.31. The lowest BCUT2D eigenvalue weighted by Crippen LogP contribution is -2.35. The number of carbonyl (C=O) groups is 1. The Morgan fingerprint density at radius 3 is 2.60 bits per heavy atom. The summed E-state index contributed by atoms with van der Waals surface area (Å²) in [4.78, 5) is 12.4. The van der Waals surface area contributed by atoms with Crippen LogP contribution in [0.3, 0.4) is 0 Å². The maximum atomic E-state index is 12.4. The van der Waals surface area contributed by atoms with E-state index in [1.54, 1.807) is 0 Å². The highest BCUT2D eigenvalue weighted by Gasteiger charge is 2.25. The third-order valence-electron chi connectivity index (χ3n) is 3.46. The van der Waals surface area contributed by atoms with Gasteiger partial charge < -0.3 is 15.8 Å². The lowest BCUT2D eigenvalue weighted by molar-refractivity contribution is -0.123. The van der Waals surface area contributed by atoms with Crippen LogP contribution in [0.2, 0.25) is 0 Å². The van der Waals surface area contributed by atoms with Crippen molar-refractivity contribution < 1.29 is 9.53 Å². The second-order valence-corrected chi connectivity index (χ2v) is 4.97. The van der Waals surface area contributed by atoms with Crippen LogP contribution in [0.1, 0.15) is 31.7 Å². The van der Waals surface area contributed by atoms with Crippen LogP contribution < -0.4 is 11.1 Å². The fraction of sp³-hybridized carbons (Fsp3) is 0.562. The summed E-state index contributed by atoms with van der Waals surface area (Å²) >= 11 is 0. The summed E-state index contributed by atoms with van der Waals surface area (Å²) in [6, 6.07) is 9.95. The molecule has 1 amide bonds. The number of amides is 1. The Kier molecular flexibility index (Phi) is 7.92. The molecule has 0 heterocycles. The van der Waals surface area contributed by atoms with Crippen LogP contribution in [0.25, 0.3) is 0 Å². The minimum atomic E-state index is -0.101. The number of rotatable bonds is 9. The Morgan fingerprint density at radius 2 is 2.00 bits per heavy atom. The molecule has 20 heavy (non-hydrogen) atoms. The van der Waals surface area contributed by atoms with Gasteiger partial charge in [0.05, 0.1) is 19.1 Å². The molecule has 0 aromatic heterocycles. The third-order valence-corrected chi connectivity index (χ3v) is 3.46. The van der Waals surface area contributed by atoms with Crippen LogP contribution in [0.4, 0.5) is 0 Å². The molecule has 0 aliphatic heterocycles. The topological polar surface area (TPSA) is 64.3 Å². The molecule has 2 atom stereocenters. The molecule has 3 N–H and O–H groups in total. The predicted octanol–water partition coefficient (Wildman–Crippen LogP) is 1.91. The average molecular weight is 278 g/mol. The maximum absolute atomic E-state index is 12.4. The second kappa shape index (κ2) is 9.50. The van der Waals surface area contributed by atoms with E-state index in [-0.39, 0.29) is 11.8 Å². The van der Waals surface area contributed by atoms with Crippen molar-refractivity contribution in [3.05, 3.63) is 35.9 Å². The van der Waals surface area contributed by atoms with Crippen molar-refractivity contribution in [3.63, 3.8) is 0 Å². The molecule has 1 aromatic rings. The van der Waals surface area contributed by atoms with Gasteiger partial charge in [0.25, 0.3) is 0 Å². The molecule has 0 saturated carbocycles. The normalized spacial score (nSPS) is 13.8. The highest BCUT2D eigenvalue weighted by molar-refractivity contribution is 5.83. The van der Waals surface area contributed by atoms with Gasteiger partial charge in [-0.1, -0.05) is 50.6 Å². The van der Waals surface area contributed by atoms with Crippen molar-refractivity contribution in [1.82, 2.24) is 5.32 Å². The first kappa shape index (κ1) is 16.7. The number of hydrogen-bond donors (Lipinski definition) is 2. The van der Waals surface area contributed by atoms with E-state index in [1.807, 2.05) is 30.3 Å². The monoisotopic (exact) mass is 278 g/mol. The van der Waals surface area contributed by atoms with Gasteiger partial charge in [0.15, 0.2) is 0 Å². The van der Waals surface area contributed by atoms with Gasteiger partial charge in [-0.25, -0.2) is 0 Å². The predicted molar refractivity (Wildman–Crippen MR) is 81.5 cm³/mol. The van der Waals surface area contributed by atoms with E-state index in [2.05, 4.69) is 19.2 Å². The number of nitrogens with two attached hydrogens (primary N) is 1. The molecule has 1 aromatic carbocycles. The van der Waals surface area contributed by atoms with Gasteiger partial charge in [-0.3, -0.25) is 4.79 Å². The molecule has 4 heteroatoms. The van der Waals surface area contributed by atoms with Crippen LogP contribution in [-0.4, -0.2) is 32.2 Å². The fourth-order valence-electron chi connectivity index (χ4n) is 2.18. The van der Waals surface area contributed by atoms with E-state index in [9.17, 15) is 4.79 Å². The summed E-state index contributed by atoms with van der Waals surface area (Å²) in [6.45, 7) is 6.29. The molecule has 0 saturated heterocycles. The number of hydrogen-bond acceptors (Lipinski definition) is 3. The number of carbonyl (C=O) groups excluding carboxylic acids is 1. The Morgan fingerprint density at radius 1 is 1.30 bits per heavy atom. The van der Waals surface area contributed by atoms with E-state index in [4.69, 9.17) is 10.5 Å². The quantitative estimate of drug-likeness (QED) is 0.678. The first-order valence-electron chi connectivity index (χ1n) is 7.31. The Labute approximate surface area is 121 Å². The van der Waals surface area contributed by atoms with Gasteiger partial charge in [0.1, 0.15) is 0 Å². The highest BCUT2D eigenvalue weighted by Crippen LogP contribution is 2.26. The molecular formula is C16H26N2O2. The van der Waals surface area contributed by atoms with Crippen molar-refractivity contribution in [2.75, 3.05) is 26.3 Å². The molecule has 1 rings (SSSR count). The van der Waals surface area contributed by atoms with E-state index < -0.39 is 0 Å². The maximum Gasteiger partial charge on any atom is 0.227 e. The summed E-state index contributed by atoms with van der Waals surface area (Å²) in [5.41, 5.74) is 6.41. The van der Waals surface area contributed by atoms with Crippen molar-refractivity contribution in [2.45, 2.75) is 26.2 Å². The SMILES string of the molecule is CCC(C)C(C(=O)NCCOCCN)c1ccccc1. The van der Waals surface area contributed by atoms with Crippen molar-refractivity contribution in [2.24, 2.45) is 11.7 Å². The van der Waals surface area contributed by atoms with Crippen molar-refractivity contribution in [3.8, 4) is 0 Å². The summed E-state index contributed by atoms with van der Waals surface area (Å²) in [5, 5.41) is 2.95. The summed E-state index contributed by atoms with van der Waals surface area (Å²) in [6.07, 6.45) is 0.969. The van der Waals surface area contributed by atoms with Crippen LogP contribution in [-0.2, 0) is 9.53 Å². The summed E-state index contributed by atoms with van der Waals surface area (Å²) in [5.74, 6) is 0.278. The van der Waals surface area contributed by atoms with Gasteiger partial charge >= 0.3 is 0 Å². The van der Waals surface area contributed by atoms with Gasteiger partial charge in [-0.05, 0) is 11.5 Å². The molecule has 4 nitrogen and oxygen atoms in total. The van der Waals surface area contributed by atoms with Gasteiger partial charge in [0.2, 0.25) is 5.91 Å². The minimum Gasteiger partial charge on any atom is -0.378 e. The zero-order chi connectivity index (χ0) is 14.8. The zero-order valence-electron chi connectivity index (χ0n) is 12.5.